The maximum atomic E-state index is 4.70. The predicted molar refractivity (Wildman–Crippen MR) is 78.4 cm³/mol. The molecule has 19 heavy (non-hydrogen) atoms. The number of nitrogens with one attached hydrogen (secondary N) is 1. The largest absolute Gasteiger partial charge is 0.314 e. The van der Waals surface area contributed by atoms with Crippen molar-refractivity contribution in [2.75, 3.05) is 26.2 Å². The Labute approximate surface area is 116 Å². The molecule has 4 nitrogen and oxygen atoms in total. The summed E-state index contributed by atoms with van der Waals surface area (Å²) >= 11 is 0. The summed E-state index contributed by atoms with van der Waals surface area (Å²) in [6, 6.07) is 2.64. The molecule has 0 amide bonds. The van der Waals surface area contributed by atoms with Crippen molar-refractivity contribution in [3.05, 3.63) is 23.3 Å². The minimum atomic E-state index is 0.526. The minimum Gasteiger partial charge on any atom is -0.314 e. The standard InChI is InChI=1S/C15H26N4/c1-4-5-14-10-12(2)17-15(18-14)11-13(3)19-8-6-16-7-9-19/h10,13,16H,4-9,11H2,1-3H3. The van der Waals surface area contributed by atoms with Crippen molar-refractivity contribution in [1.82, 2.24) is 20.2 Å². The molecule has 1 aliphatic rings. The van der Waals surface area contributed by atoms with Crippen molar-refractivity contribution < 1.29 is 0 Å². The van der Waals surface area contributed by atoms with E-state index in [1.165, 1.54) is 5.69 Å². The van der Waals surface area contributed by atoms with E-state index in [1.54, 1.807) is 0 Å². The quantitative estimate of drug-likeness (QED) is 0.874. The summed E-state index contributed by atoms with van der Waals surface area (Å²) in [6.07, 6.45) is 3.15. The first kappa shape index (κ1) is 14.4. The van der Waals surface area contributed by atoms with Crippen LogP contribution in [-0.4, -0.2) is 47.1 Å². The fraction of sp³-hybridized carbons (Fsp3) is 0.733. The average Bonchev–Trinajstić information content (AvgIpc) is 2.39. The number of hydrogen-bond acceptors (Lipinski definition) is 4. The van der Waals surface area contributed by atoms with Crippen LogP contribution in [0.3, 0.4) is 0 Å². The minimum absolute atomic E-state index is 0.526. The van der Waals surface area contributed by atoms with Gasteiger partial charge in [-0.15, -0.1) is 0 Å². The van der Waals surface area contributed by atoms with Crippen molar-refractivity contribution in [2.24, 2.45) is 0 Å². The van der Waals surface area contributed by atoms with Crippen molar-refractivity contribution in [2.45, 2.75) is 46.1 Å². The topological polar surface area (TPSA) is 41.1 Å². The van der Waals surface area contributed by atoms with Gasteiger partial charge >= 0.3 is 0 Å². The van der Waals surface area contributed by atoms with E-state index in [1.807, 2.05) is 0 Å². The van der Waals surface area contributed by atoms with Crippen LogP contribution in [0.4, 0.5) is 0 Å². The molecule has 1 N–H and O–H groups in total. The zero-order valence-electron chi connectivity index (χ0n) is 12.4. The summed E-state index contributed by atoms with van der Waals surface area (Å²) in [6.45, 7) is 11.0. The molecule has 0 aliphatic carbocycles. The van der Waals surface area contributed by atoms with E-state index in [2.05, 4.69) is 42.0 Å². The van der Waals surface area contributed by atoms with Gasteiger partial charge in [-0.25, -0.2) is 9.97 Å². The van der Waals surface area contributed by atoms with E-state index in [4.69, 9.17) is 4.98 Å². The molecule has 0 saturated carbocycles. The molecule has 1 aromatic rings. The maximum Gasteiger partial charge on any atom is 0.130 e. The summed E-state index contributed by atoms with van der Waals surface area (Å²) in [5.41, 5.74) is 2.29. The summed E-state index contributed by atoms with van der Waals surface area (Å²) in [5.74, 6) is 1.01. The average molecular weight is 262 g/mol. The van der Waals surface area contributed by atoms with Gasteiger partial charge in [0.15, 0.2) is 0 Å². The van der Waals surface area contributed by atoms with E-state index in [9.17, 15) is 0 Å². The first-order valence-electron chi connectivity index (χ1n) is 7.47. The Balaban J connectivity index is 2.00. The van der Waals surface area contributed by atoms with Crippen LogP contribution in [0.25, 0.3) is 0 Å². The molecule has 106 valence electrons. The smallest absolute Gasteiger partial charge is 0.130 e. The van der Waals surface area contributed by atoms with Crippen molar-refractivity contribution in [3.63, 3.8) is 0 Å². The lowest BCUT2D eigenvalue weighted by atomic mass is 10.1. The molecular weight excluding hydrogens is 236 g/mol. The van der Waals surface area contributed by atoms with Crippen molar-refractivity contribution in [3.8, 4) is 0 Å². The molecule has 0 radical (unpaired) electrons. The number of piperazine rings is 1. The predicted octanol–water partition coefficient (Wildman–Crippen LogP) is 1.57. The summed E-state index contributed by atoms with van der Waals surface area (Å²) < 4.78 is 0. The Bertz CT molecular complexity index is 399. The first-order valence-corrected chi connectivity index (χ1v) is 7.47. The van der Waals surface area contributed by atoms with Crippen LogP contribution in [0.1, 0.15) is 37.5 Å². The maximum absolute atomic E-state index is 4.70. The molecule has 0 bridgehead atoms. The van der Waals surface area contributed by atoms with E-state index in [-0.39, 0.29) is 0 Å². The van der Waals surface area contributed by atoms with Gasteiger partial charge in [-0.05, 0) is 26.3 Å². The van der Waals surface area contributed by atoms with Crippen LogP contribution in [0.5, 0.6) is 0 Å². The summed E-state index contributed by atoms with van der Waals surface area (Å²) in [5, 5.41) is 3.40. The molecule has 4 heteroatoms. The summed E-state index contributed by atoms with van der Waals surface area (Å²) in [7, 11) is 0. The zero-order chi connectivity index (χ0) is 13.7. The highest BCUT2D eigenvalue weighted by Crippen LogP contribution is 2.09. The third kappa shape index (κ3) is 4.25. The van der Waals surface area contributed by atoms with Gasteiger partial charge < -0.3 is 5.32 Å². The van der Waals surface area contributed by atoms with Gasteiger partial charge in [-0.3, -0.25) is 4.90 Å². The number of aryl methyl sites for hydroxylation is 2. The highest BCUT2D eigenvalue weighted by molar-refractivity contribution is 5.11. The van der Waals surface area contributed by atoms with Gasteiger partial charge in [0.1, 0.15) is 5.82 Å². The third-order valence-electron chi connectivity index (χ3n) is 3.71. The Hall–Kier alpha value is -1.00. The fourth-order valence-electron chi connectivity index (χ4n) is 2.69. The van der Waals surface area contributed by atoms with E-state index < -0.39 is 0 Å². The summed E-state index contributed by atoms with van der Waals surface area (Å²) in [4.78, 5) is 11.8. The second-order valence-electron chi connectivity index (χ2n) is 5.51. The molecule has 1 fully saturated rings. The molecule has 2 rings (SSSR count). The lowest BCUT2D eigenvalue weighted by molar-refractivity contribution is 0.181. The molecular formula is C15H26N4. The van der Waals surface area contributed by atoms with E-state index in [0.717, 1.165) is 57.0 Å². The van der Waals surface area contributed by atoms with E-state index >= 15 is 0 Å². The van der Waals surface area contributed by atoms with Crippen LogP contribution in [0, 0.1) is 6.92 Å². The Morgan fingerprint density at radius 1 is 1.32 bits per heavy atom. The number of rotatable bonds is 5. The lowest BCUT2D eigenvalue weighted by Gasteiger charge is -2.32. The van der Waals surface area contributed by atoms with Gasteiger partial charge in [-0.2, -0.15) is 0 Å². The Kier molecular flexibility index (Phi) is 5.28. The van der Waals surface area contributed by atoms with Crippen molar-refractivity contribution in [1.29, 1.82) is 0 Å². The second-order valence-corrected chi connectivity index (χ2v) is 5.51. The highest BCUT2D eigenvalue weighted by Gasteiger charge is 2.17. The molecule has 1 atom stereocenters. The molecule has 1 aliphatic heterocycles. The molecule has 1 unspecified atom stereocenters. The van der Waals surface area contributed by atoms with Crippen LogP contribution >= 0.6 is 0 Å². The van der Waals surface area contributed by atoms with Crippen LogP contribution in [0.2, 0.25) is 0 Å². The SMILES string of the molecule is CCCc1cc(C)nc(CC(C)N2CCNCC2)n1. The van der Waals surface area contributed by atoms with Gasteiger partial charge in [0.2, 0.25) is 0 Å². The molecule has 0 spiro atoms. The Morgan fingerprint density at radius 2 is 2.05 bits per heavy atom. The second kappa shape index (κ2) is 6.96. The molecule has 1 aromatic heterocycles. The number of aromatic nitrogens is 2. The van der Waals surface area contributed by atoms with Crippen molar-refractivity contribution >= 4 is 0 Å². The van der Waals surface area contributed by atoms with Gasteiger partial charge in [-0.1, -0.05) is 13.3 Å². The third-order valence-corrected chi connectivity index (χ3v) is 3.71. The van der Waals surface area contributed by atoms with Gasteiger partial charge in [0.05, 0.1) is 0 Å². The number of nitrogens with zero attached hydrogens (tertiary/aromatic N) is 3. The van der Waals surface area contributed by atoms with Crippen LogP contribution < -0.4 is 5.32 Å². The zero-order valence-corrected chi connectivity index (χ0v) is 12.4. The van der Waals surface area contributed by atoms with Gasteiger partial charge in [0, 0.05) is 50.0 Å². The Morgan fingerprint density at radius 3 is 2.74 bits per heavy atom. The molecule has 0 aromatic carbocycles. The number of hydrogen-bond donors (Lipinski definition) is 1. The molecule has 1 saturated heterocycles. The normalized spacial score (nSPS) is 18.5. The van der Waals surface area contributed by atoms with Crippen LogP contribution in [-0.2, 0) is 12.8 Å². The molecule has 2 heterocycles. The van der Waals surface area contributed by atoms with E-state index in [0.29, 0.717) is 6.04 Å². The monoisotopic (exact) mass is 262 g/mol. The first-order chi connectivity index (χ1) is 9.19. The fourth-order valence-corrected chi connectivity index (χ4v) is 2.69. The highest BCUT2D eigenvalue weighted by atomic mass is 15.2. The van der Waals surface area contributed by atoms with Gasteiger partial charge in [0.25, 0.3) is 0 Å². The van der Waals surface area contributed by atoms with Crippen LogP contribution in [0.15, 0.2) is 6.07 Å². The lowest BCUT2D eigenvalue weighted by Crippen LogP contribution is -2.48.